The Morgan fingerprint density at radius 1 is 1.24 bits per heavy atom. The van der Waals surface area contributed by atoms with Crippen molar-refractivity contribution in [1.29, 1.82) is 0 Å². The molecule has 2 aromatic heterocycles. The Morgan fingerprint density at radius 2 is 2.08 bits per heavy atom. The van der Waals surface area contributed by atoms with E-state index in [0.29, 0.717) is 13.2 Å². The van der Waals surface area contributed by atoms with Gasteiger partial charge in [-0.3, -0.25) is 9.69 Å². The van der Waals surface area contributed by atoms with E-state index in [4.69, 9.17) is 4.74 Å². The number of nitrogens with zero attached hydrogens (tertiary/aromatic N) is 4. The average molecular weight is 342 g/mol. The molecule has 0 aliphatic carbocycles. The van der Waals surface area contributed by atoms with E-state index in [9.17, 15) is 4.79 Å². The summed E-state index contributed by atoms with van der Waals surface area (Å²) in [5, 5.41) is 0. The van der Waals surface area contributed by atoms with Crippen LogP contribution >= 0.6 is 0 Å². The minimum atomic E-state index is -0.0134. The van der Waals surface area contributed by atoms with Gasteiger partial charge in [-0.1, -0.05) is 12.5 Å². The third kappa shape index (κ3) is 3.28. The Balaban J connectivity index is 1.56. The number of imidazole rings is 1. The summed E-state index contributed by atoms with van der Waals surface area (Å²) in [7, 11) is 0. The average Bonchev–Trinajstić information content (AvgIpc) is 2.98. The maximum atomic E-state index is 13.0. The van der Waals surface area contributed by atoms with Crippen LogP contribution in [0.3, 0.4) is 0 Å². The highest BCUT2D eigenvalue weighted by Gasteiger charge is 2.33. The summed E-state index contributed by atoms with van der Waals surface area (Å²) in [6, 6.07) is 6.06. The lowest BCUT2D eigenvalue weighted by Gasteiger charge is -2.38. The predicted molar refractivity (Wildman–Crippen MR) is 95.4 cm³/mol. The highest BCUT2D eigenvalue weighted by Crippen LogP contribution is 2.23. The second-order valence-corrected chi connectivity index (χ2v) is 6.99. The van der Waals surface area contributed by atoms with Crippen LogP contribution in [0.25, 0.3) is 5.65 Å². The van der Waals surface area contributed by atoms with Gasteiger partial charge in [0.15, 0.2) is 0 Å². The molecule has 0 bridgehead atoms. The standard InChI is InChI=1S/C19H26N4O2/c1-15-17(23-9-5-3-7-18(23)20-15)14-22-8-4-2-6-16(22)19(24)21-10-12-25-13-11-21/h3,5,7,9,16H,2,4,6,8,10-14H2,1H3/t16-/m1/s1. The second kappa shape index (κ2) is 7.14. The maximum absolute atomic E-state index is 13.0. The molecule has 25 heavy (non-hydrogen) atoms. The van der Waals surface area contributed by atoms with E-state index in [1.807, 2.05) is 23.1 Å². The van der Waals surface area contributed by atoms with Gasteiger partial charge >= 0.3 is 0 Å². The molecular weight excluding hydrogens is 316 g/mol. The molecular formula is C19H26N4O2. The van der Waals surface area contributed by atoms with E-state index in [0.717, 1.165) is 56.8 Å². The van der Waals surface area contributed by atoms with Gasteiger partial charge in [0.1, 0.15) is 5.65 Å². The number of carbonyl (C=O) groups is 1. The fourth-order valence-corrected chi connectivity index (χ4v) is 4.00. The number of aromatic nitrogens is 2. The van der Waals surface area contributed by atoms with E-state index in [-0.39, 0.29) is 11.9 Å². The highest BCUT2D eigenvalue weighted by molar-refractivity contribution is 5.82. The first-order chi connectivity index (χ1) is 12.2. The molecule has 4 heterocycles. The molecule has 0 saturated carbocycles. The summed E-state index contributed by atoms with van der Waals surface area (Å²) in [5.41, 5.74) is 3.22. The summed E-state index contributed by atoms with van der Waals surface area (Å²) < 4.78 is 7.55. The van der Waals surface area contributed by atoms with Crippen molar-refractivity contribution in [2.45, 2.75) is 38.8 Å². The summed E-state index contributed by atoms with van der Waals surface area (Å²) >= 11 is 0. The van der Waals surface area contributed by atoms with Crippen molar-refractivity contribution in [3.05, 3.63) is 35.8 Å². The molecule has 0 spiro atoms. The van der Waals surface area contributed by atoms with E-state index in [2.05, 4.69) is 27.4 Å². The molecule has 4 rings (SSSR count). The van der Waals surface area contributed by atoms with Crippen molar-refractivity contribution in [2.24, 2.45) is 0 Å². The van der Waals surface area contributed by atoms with Gasteiger partial charge in [0.25, 0.3) is 0 Å². The van der Waals surface area contributed by atoms with Crippen LogP contribution in [-0.4, -0.2) is 64.0 Å². The number of morpholine rings is 1. The van der Waals surface area contributed by atoms with E-state index in [1.54, 1.807) is 0 Å². The van der Waals surface area contributed by atoms with Gasteiger partial charge in [-0.15, -0.1) is 0 Å². The normalized spacial score (nSPS) is 22.4. The topological polar surface area (TPSA) is 50.1 Å². The van der Waals surface area contributed by atoms with E-state index >= 15 is 0 Å². The van der Waals surface area contributed by atoms with Gasteiger partial charge in [-0.25, -0.2) is 4.98 Å². The van der Waals surface area contributed by atoms with Gasteiger partial charge in [0.2, 0.25) is 5.91 Å². The summed E-state index contributed by atoms with van der Waals surface area (Å²) in [6.45, 7) is 6.56. The Labute approximate surface area is 148 Å². The zero-order valence-electron chi connectivity index (χ0n) is 14.9. The number of ether oxygens (including phenoxy) is 1. The molecule has 2 aromatic rings. The van der Waals surface area contributed by atoms with Crippen molar-refractivity contribution in [3.63, 3.8) is 0 Å². The minimum Gasteiger partial charge on any atom is -0.378 e. The molecule has 1 atom stereocenters. The van der Waals surface area contributed by atoms with Crippen LogP contribution in [0.1, 0.15) is 30.7 Å². The van der Waals surface area contributed by atoms with Gasteiger partial charge in [-0.2, -0.15) is 0 Å². The van der Waals surface area contributed by atoms with Crippen LogP contribution in [0.2, 0.25) is 0 Å². The van der Waals surface area contributed by atoms with Crippen LogP contribution < -0.4 is 0 Å². The van der Waals surface area contributed by atoms with Crippen molar-refractivity contribution in [2.75, 3.05) is 32.8 Å². The quantitative estimate of drug-likeness (QED) is 0.854. The third-order valence-corrected chi connectivity index (χ3v) is 5.40. The fourth-order valence-electron chi connectivity index (χ4n) is 4.00. The number of piperidine rings is 1. The number of amides is 1. The molecule has 2 saturated heterocycles. The van der Waals surface area contributed by atoms with Crippen molar-refractivity contribution >= 4 is 11.6 Å². The number of carbonyl (C=O) groups excluding carboxylic acids is 1. The van der Waals surface area contributed by atoms with Gasteiger partial charge in [0, 0.05) is 25.8 Å². The Morgan fingerprint density at radius 3 is 2.92 bits per heavy atom. The molecule has 2 fully saturated rings. The first kappa shape index (κ1) is 16.5. The van der Waals surface area contributed by atoms with Gasteiger partial charge in [0.05, 0.1) is 30.6 Å². The number of fused-ring (bicyclic) bond motifs is 1. The monoisotopic (exact) mass is 342 g/mol. The summed E-state index contributed by atoms with van der Waals surface area (Å²) in [6.07, 6.45) is 5.30. The number of pyridine rings is 1. The molecule has 6 heteroatoms. The van der Waals surface area contributed by atoms with Crippen molar-refractivity contribution in [3.8, 4) is 0 Å². The number of rotatable bonds is 3. The predicted octanol–water partition coefficient (Wildman–Crippen LogP) is 1.86. The number of likely N-dealkylation sites (tertiary alicyclic amines) is 1. The second-order valence-electron chi connectivity index (χ2n) is 6.99. The van der Waals surface area contributed by atoms with Crippen LogP contribution in [-0.2, 0) is 16.1 Å². The summed E-state index contributed by atoms with van der Waals surface area (Å²) in [5.74, 6) is 0.273. The van der Waals surface area contributed by atoms with Crippen LogP contribution in [0.5, 0.6) is 0 Å². The van der Waals surface area contributed by atoms with Crippen molar-refractivity contribution < 1.29 is 9.53 Å². The lowest BCUT2D eigenvalue weighted by Crippen LogP contribution is -2.53. The molecule has 2 aliphatic rings. The van der Waals surface area contributed by atoms with Crippen LogP contribution in [0.15, 0.2) is 24.4 Å². The lowest BCUT2D eigenvalue weighted by atomic mass is 10.00. The number of hydrogen-bond donors (Lipinski definition) is 0. The first-order valence-electron chi connectivity index (χ1n) is 9.27. The zero-order valence-corrected chi connectivity index (χ0v) is 14.9. The fraction of sp³-hybridized carbons (Fsp3) is 0.579. The van der Waals surface area contributed by atoms with E-state index < -0.39 is 0 Å². The number of hydrogen-bond acceptors (Lipinski definition) is 4. The van der Waals surface area contributed by atoms with Gasteiger partial charge in [-0.05, 0) is 38.4 Å². The van der Waals surface area contributed by atoms with Crippen LogP contribution in [0, 0.1) is 6.92 Å². The lowest BCUT2D eigenvalue weighted by molar-refractivity contribution is -0.142. The molecule has 2 aliphatic heterocycles. The molecule has 6 nitrogen and oxygen atoms in total. The Hall–Kier alpha value is -1.92. The molecule has 0 aromatic carbocycles. The molecule has 0 radical (unpaired) electrons. The van der Waals surface area contributed by atoms with Crippen molar-refractivity contribution in [1.82, 2.24) is 19.2 Å². The van der Waals surface area contributed by atoms with Crippen LogP contribution in [0.4, 0.5) is 0 Å². The third-order valence-electron chi connectivity index (χ3n) is 5.40. The smallest absolute Gasteiger partial charge is 0.240 e. The largest absolute Gasteiger partial charge is 0.378 e. The molecule has 134 valence electrons. The molecule has 0 N–H and O–H groups in total. The maximum Gasteiger partial charge on any atom is 0.240 e. The van der Waals surface area contributed by atoms with E-state index in [1.165, 1.54) is 5.69 Å². The highest BCUT2D eigenvalue weighted by atomic mass is 16.5. The minimum absolute atomic E-state index is 0.0134. The zero-order chi connectivity index (χ0) is 17.2. The van der Waals surface area contributed by atoms with Gasteiger partial charge < -0.3 is 14.0 Å². The first-order valence-corrected chi connectivity index (χ1v) is 9.27. The Bertz CT molecular complexity index is 751. The molecule has 1 amide bonds. The Kier molecular flexibility index (Phi) is 4.72. The summed E-state index contributed by atoms with van der Waals surface area (Å²) in [4.78, 5) is 22.0. The molecule has 0 unspecified atom stereocenters. The number of aryl methyl sites for hydroxylation is 1. The SMILES string of the molecule is Cc1nc2ccccn2c1CN1CCCC[C@@H]1C(=O)N1CCOCC1.